The molecule has 1 aromatic heterocycles. The molecule has 0 aliphatic carbocycles. The third kappa shape index (κ3) is 2.77. The molecule has 2 aromatic rings. The summed E-state index contributed by atoms with van der Waals surface area (Å²) in [5.74, 6) is -0.274. The topological polar surface area (TPSA) is 32.9 Å². The van der Waals surface area contributed by atoms with Crippen molar-refractivity contribution in [1.82, 2.24) is 4.98 Å². The van der Waals surface area contributed by atoms with Crippen LogP contribution in [0.2, 0.25) is 0 Å². The van der Waals surface area contributed by atoms with Crippen LogP contribution >= 0.6 is 11.8 Å². The van der Waals surface area contributed by atoms with Crippen molar-refractivity contribution in [3.8, 4) is 0 Å². The molecule has 2 nitrogen and oxygen atoms in total. The molecule has 1 heterocycles. The number of hydrogen-bond acceptors (Lipinski definition) is 2. The van der Waals surface area contributed by atoms with Crippen molar-refractivity contribution in [3.05, 3.63) is 57.8 Å². The quantitative estimate of drug-likeness (QED) is 0.886. The molecule has 0 aliphatic heterocycles. The monoisotopic (exact) mass is 249 g/mol. The van der Waals surface area contributed by atoms with Crippen molar-refractivity contribution in [2.75, 3.05) is 0 Å². The Morgan fingerprint density at radius 1 is 1.18 bits per heavy atom. The van der Waals surface area contributed by atoms with Crippen molar-refractivity contribution in [2.45, 2.75) is 23.6 Å². The highest BCUT2D eigenvalue weighted by Crippen LogP contribution is 2.26. The molecule has 1 N–H and O–H groups in total. The van der Waals surface area contributed by atoms with Crippen molar-refractivity contribution in [3.63, 3.8) is 0 Å². The van der Waals surface area contributed by atoms with Gasteiger partial charge in [0.05, 0.1) is 4.90 Å². The molecule has 0 amide bonds. The zero-order valence-corrected chi connectivity index (χ0v) is 10.4. The Labute approximate surface area is 103 Å². The zero-order chi connectivity index (χ0) is 12.4. The fourth-order valence-electron chi connectivity index (χ4n) is 1.58. The molecule has 0 aliphatic rings. The summed E-state index contributed by atoms with van der Waals surface area (Å²) in [6, 6.07) is 7.68. The van der Waals surface area contributed by atoms with Crippen LogP contribution in [0.3, 0.4) is 0 Å². The van der Waals surface area contributed by atoms with Gasteiger partial charge in [-0.3, -0.25) is 4.79 Å². The first-order chi connectivity index (χ1) is 8.06. The van der Waals surface area contributed by atoms with Crippen LogP contribution in [0.15, 0.2) is 44.9 Å². The SMILES string of the molecule is Cc1cc(=O)c(Sc2ccc(F)cc2)c(C)[nH]1. The Morgan fingerprint density at radius 2 is 1.82 bits per heavy atom. The molecule has 0 radical (unpaired) electrons. The van der Waals surface area contributed by atoms with Gasteiger partial charge in [-0.2, -0.15) is 0 Å². The maximum atomic E-state index is 12.8. The normalized spacial score (nSPS) is 10.5. The first-order valence-corrected chi connectivity index (χ1v) is 6.02. The molecule has 0 atom stereocenters. The van der Waals surface area contributed by atoms with Crippen molar-refractivity contribution >= 4 is 11.8 Å². The molecule has 0 bridgehead atoms. The number of aromatic nitrogens is 1. The maximum Gasteiger partial charge on any atom is 0.195 e. The van der Waals surface area contributed by atoms with Gasteiger partial charge in [-0.15, -0.1) is 0 Å². The molecular formula is C13H12FNOS. The summed E-state index contributed by atoms with van der Waals surface area (Å²) in [5.41, 5.74) is 1.67. The minimum Gasteiger partial charge on any atom is -0.362 e. The van der Waals surface area contributed by atoms with Gasteiger partial charge in [-0.25, -0.2) is 4.39 Å². The minimum atomic E-state index is -0.274. The van der Waals surface area contributed by atoms with Crippen molar-refractivity contribution in [2.24, 2.45) is 0 Å². The predicted octanol–water partition coefficient (Wildman–Crippen LogP) is 3.28. The third-order valence-corrected chi connectivity index (χ3v) is 3.55. The molecule has 0 unspecified atom stereocenters. The van der Waals surface area contributed by atoms with E-state index in [-0.39, 0.29) is 11.2 Å². The van der Waals surface area contributed by atoms with E-state index in [9.17, 15) is 9.18 Å². The molecule has 0 fully saturated rings. The van der Waals surface area contributed by atoms with Crippen LogP contribution in [-0.2, 0) is 0 Å². The average molecular weight is 249 g/mol. The van der Waals surface area contributed by atoms with E-state index in [1.165, 1.54) is 23.9 Å². The van der Waals surface area contributed by atoms with E-state index in [2.05, 4.69) is 4.98 Å². The fraction of sp³-hybridized carbons (Fsp3) is 0.154. The number of hydrogen-bond donors (Lipinski definition) is 1. The summed E-state index contributed by atoms with van der Waals surface area (Å²) in [4.78, 5) is 16.4. The van der Waals surface area contributed by atoms with E-state index >= 15 is 0 Å². The first-order valence-electron chi connectivity index (χ1n) is 5.20. The molecule has 0 spiro atoms. The average Bonchev–Trinajstić information content (AvgIpc) is 2.26. The van der Waals surface area contributed by atoms with Crippen molar-refractivity contribution < 1.29 is 4.39 Å². The first kappa shape index (κ1) is 11.9. The number of aromatic amines is 1. The van der Waals surface area contributed by atoms with Crippen LogP contribution in [0.4, 0.5) is 4.39 Å². The Balaban J connectivity index is 2.36. The van der Waals surface area contributed by atoms with Crippen LogP contribution in [-0.4, -0.2) is 4.98 Å². The number of nitrogens with one attached hydrogen (secondary N) is 1. The lowest BCUT2D eigenvalue weighted by atomic mass is 10.3. The standard InChI is InChI=1S/C13H12FNOS/c1-8-7-12(16)13(9(2)15-8)17-11-5-3-10(14)4-6-11/h3-7H,1-2H3,(H,15,16). The van der Waals surface area contributed by atoms with Gasteiger partial charge in [0.1, 0.15) is 5.82 Å². The summed E-state index contributed by atoms with van der Waals surface area (Å²) in [5, 5.41) is 0. The summed E-state index contributed by atoms with van der Waals surface area (Å²) < 4.78 is 12.8. The van der Waals surface area contributed by atoms with Gasteiger partial charge in [0.2, 0.25) is 0 Å². The van der Waals surface area contributed by atoms with Gasteiger partial charge in [0.25, 0.3) is 0 Å². The van der Waals surface area contributed by atoms with Crippen molar-refractivity contribution in [1.29, 1.82) is 0 Å². The fourth-order valence-corrected chi connectivity index (χ4v) is 2.45. The predicted molar refractivity (Wildman–Crippen MR) is 67.1 cm³/mol. The molecule has 0 saturated heterocycles. The Hall–Kier alpha value is -1.55. The molecule has 17 heavy (non-hydrogen) atoms. The van der Waals surface area contributed by atoms with E-state index in [4.69, 9.17) is 0 Å². The lowest BCUT2D eigenvalue weighted by molar-refractivity contribution is 0.626. The van der Waals surface area contributed by atoms with Gasteiger partial charge in [0.15, 0.2) is 5.43 Å². The van der Waals surface area contributed by atoms with Gasteiger partial charge < -0.3 is 4.98 Å². The second-order valence-corrected chi connectivity index (χ2v) is 4.91. The van der Waals surface area contributed by atoms with Gasteiger partial charge in [-0.1, -0.05) is 11.8 Å². The Morgan fingerprint density at radius 3 is 2.41 bits per heavy atom. The second-order valence-electron chi connectivity index (χ2n) is 3.83. The number of H-pyrrole nitrogens is 1. The van der Waals surface area contributed by atoms with Crippen LogP contribution in [0, 0.1) is 19.7 Å². The van der Waals surface area contributed by atoms with Gasteiger partial charge in [0, 0.05) is 22.3 Å². The van der Waals surface area contributed by atoms with E-state index < -0.39 is 0 Å². The summed E-state index contributed by atoms with van der Waals surface area (Å²) in [6.07, 6.45) is 0. The van der Waals surface area contributed by atoms with E-state index in [0.717, 1.165) is 16.3 Å². The maximum absolute atomic E-state index is 12.8. The molecule has 88 valence electrons. The Kier molecular flexibility index (Phi) is 3.33. The highest BCUT2D eigenvalue weighted by molar-refractivity contribution is 7.99. The lowest BCUT2D eigenvalue weighted by Gasteiger charge is -2.06. The van der Waals surface area contributed by atoms with E-state index in [1.807, 2.05) is 13.8 Å². The van der Waals surface area contributed by atoms with Gasteiger partial charge in [-0.05, 0) is 38.1 Å². The van der Waals surface area contributed by atoms with Crippen LogP contribution in [0.1, 0.15) is 11.4 Å². The molecule has 0 saturated carbocycles. The third-order valence-electron chi connectivity index (χ3n) is 2.33. The smallest absolute Gasteiger partial charge is 0.195 e. The molecule has 2 rings (SSSR count). The number of halogens is 1. The summed E-state index contributed by atoms with van der Waals surface area (Å²) >= 11 is 1.35. The minimum absolute atomic E-state index is 0.00641. The number of pyridine rings is 1. The highest BCUT2D eigenvalue weighted by Gasteiger charge is 2.07. The van der Waals surface area contributed by atoms with Crippen LogP contribution in [0.5, 0.6) is 0 Å². The number of rotatable bonds is 2. The summed E-state index contributed by atoms with van der Waals surface area (Å²) in [6.45, 7) is 3.71. The van der Waals surface area contributed by atoms with Crippen LogP contribution in [0.25, 0.3) is 0 Å². The Bertz CT molecular complexity index is 589. The highest BCUT2D eigenvalue weighted by atomic mass is 32.2. The lowest BCUT2D eigenvalue weighted by Crippen LogP contribution is -2.07. The van der Waals surface area contributed by atoms with E-state index in [0.29, 0.717) is 4.90 Å². The molecule has 4 heteroatoms. The van der Waals surface area contributed by atoms with Gasteiger partial charge >= 0.3 is 0 Å². The second kappa shape index (κ2) is 4.75. The number of benzene rings is 1. The molecule has 1 aromatic carbocycles. The summed E-state index contributed by atoms with van der Waals surface area (Å²) in [7, 11) is 0. The largest absolute Gasteiger partial charge is 0.362 e. The zero-order valence-electron chi connectivity index (χ0n) is 9.58. The van der Waals surface area contributed by atoms with Crippen LogP contribution < -0.4 is 5.43 Å². The molecular weight excluding hydrogens is 237 g/mol. The number of aryl methyl sites for hydroxylation is 2. The van der Waals surface area contributed by atoms with E-state index in [1.54, 1.807) is 18.2 Å².